The third-order valence-corrected chi connectivity index (χ3v) is 2.55. The van der Waals surface area contributed by atoms with E-state index in [4.69, 9.17) is 4.74 Å². The van der Waals surface area contributed by atoms with Crippen molar-refractivity contribution >= 4 is 6.29 Å². The van der Waals surface area contributed by atoms with Crippen LogP contribution in [0.2, 0.25) is 0 Å². The molecule has 0 spiro atoms. The van der Waals surface area contributed by atoms with Crippen LogP contribution in [0, 0.1) is 11.6 Å². The van der Waals surface area contributed by atoms with Crippen molar-refractivity contribution in [3.63, 3.8) is 0 Å². The first-order chi connectivity index (χ1) is 9.17. The zero-order valence-electron chi connectivity index (χ0n) is 10.1. The molecule has 0 aliphatic heterocycles. The number of carbonyl (C=O) groups is 1. The van der Waals surface area contributed by atoms with Gasteiger partial charge in [0.15, 0.2) is 0 Å². The van der Waals surface area contributed by atoms with Gasteiger partial charge in [-0.05, 0) is 29.3 Å². The van der Waals surface area contributed by atoms with Gasteiger partial charge in [0.05, 0.1) is 13.2 Å². The lowest BCUT2D eigenvalue weighted by Gasteiger charge is -2.05. The van der Waals surface area contributed by atoms with Gasteiger partial charge in [0.1, 0.15) is 17.9 Å². The molecular formula is C15H12F2O2. The van der Waals surface area contributed by atoms with E-state index in [2.05, 4.69) is 0 Å². The van der Waals surface area contributed by atoms with Crippen molar-refractivity contribution < 1.29 is 18.3 Å². The van der Waals surface area contributed by atoms with Crippen LogP contribution in [0.1, 0.15) is 21.5 Å². The van der Waals surface area contributed by atoms with E-state index in [0.29, 0.717) is 11.1 Å². The van der Waals surface area contributed by atoms with E-state index in [1.54, 1.807) is 18.2 Å². The van der Waals surface area contributed by atoms with E-state index in [-0.39, 0.29) is 13.2 Å². The fourth-order valence-electron chi connectivity index (χ4n) is 1.74. The number of hydrogen-bond donors (Lipinski definition) is 0. The molecule has 2 rings (SSSR count). The molecule has 0 amide bonds. The minimum atomic E-state index is -0.624. The Morgan fingerprint density at radius 1 is 0.947 bits per heavy atom. The van der Waals surface area contributed by atoms with E-state index in [9.17, 15) is 13.6 Å². The molecule has 19 heavy (non-hydrogen) atoms. The Hall–Kier alpha value is -2.07. The lowest BCUT2D eigenvalue weighted by molar-refractivity contribution is 0.106. The smallest absolute Gasteiger partial charge is 0.150 e. The zero-order valence-corrected chi connectivity index (χ0v) is 10.1. The summed E-state index contributed by atoms with van der Waals surface area (Å²) >= 11 is 0. The third-order valence-electron chi connectivity index (χ3n) is 2.55. The molecule has 2 aromatic carbocycles. The molecule has 0 fully saturated rings. The molecule has 0 aliphatic carbocycles. The molecule has 2 nitrogen and oxygen atoms in total. The molecule has 4 heteroatoms. The van der Waals surface area contributed by atoms with Crippen LogP contribution in [-0.2, 0) is 18.0 Å². The molecule has 0 aromatic heterocycles. The van der Waals surface area contributed by atoms with Gasteiger partial charge in [-0.1, -0.05) is 18.2 Å². The fraction of sp³-hybridized carbons (Fsp3) is 0.133. The lowest BCUT2D eigenvalue weighted by atomic mass is 10.1. The SMILES string of the molecule is O=Cc1cccc(COCc2cc(F)cc(F)c2)c1. The van der Waals surface area contributed by atoms with E-state index in [0.717, 1.165) is 17.9 Å². The predicted molar refractivity (Wildman–Crippen MR) is 66.7 cm³/mol. The molecule has 0 heterocycles. The van der Waals surface area contributed by atoms with Crippen LogP contribution in [-0.4, -0.2) is 6.29 Å². The van der Waals surface area contributed by atoms with Gasteiger partial charge < -0.3 is 4.74 Å². The van der Waals surface area contributed by atoms with Crippen LogP contribution in [0.25, 0.3) is 0 Å². The number of ether oxygens (including phenoxy) is 1. The quantitative estimate of drug-likeness (QED) is 0.771. The second-order valence-corrected chi connectivity index (χ2v) is 4.13. The molecule has 98 valence electrons. The normalized spacial score (nSPS) is 10.4. The number of carbonyl (C=O) groups excluding carboxylic acids is 1. The second kappa shape index (κ2) is 6.20. The van der Waals surface area contributed by atoms with Crippen LogP contribution < -0.4 is 0 Å². The van der Waals surface area contributed by atoms with Crippen LogP contribution in [0.5, 0.6) is 0 Å². The van der Waals surface area contributed by atoms with Gasteiger partial charge in [0, 0.05) is 11.6 Å². The van der Waals surface area contributed by atoms with E-state index >= 15 is 0 Å². The highest BCUT2D eigenvalue weighted by Gasteiger charge is 2.01. The summed E-state index contributed by atoms with van der Waals surface area (Å²) in [6, 6.07) is 10.2. The summed E-state index contributed by atoms with van der Waals surface area (Å²) in [5, 5.41) is 0. The van der Waals surface area contributed by atoms with Crippen molar-refractivity contribution in [2.45, 2.75) is 13.2 Å². The van der Waals surface area contributed by atoms with Gasteiger partial charge in [-0.2, -0.15) is 0 Å². The van der Waals surface area contributed by atoms with Crippen molar-refractivity contribution in [1.82, 2.24) is 0 Å². The van der Waals surface area contributed by atoms with Crippen LogP contribution in [0.4, 0.5) is 8.78 Å². The van der Waals surface area contributed by atoms with Gasteiger partial charge in [-0.15, -0.1) is 0 Å². The van der Waals surface area contributed by atoms with Crippen LogP contribution >= 0.6 is 0 Å². The largest absolute Gasteiger partial charge is 0.372 e. The lowest BCUT2D eigenvalue weighted by Crippen LogP contribution is -1.96. The molecule has 0 aliphatic rings. The standard InChI is InChI=1S/C15H12F2O2/c16-14-5-13(6-15(17)7-14)10-19-9-12-3-1-2-11(4-12)8-18/h1-8H,9-10H2. The molecule has 0 atom stereocenters. The average molecular weight is 262 g/mol. The highest BCUT2D eigenvalue weighted by atomic mass is 19.1. The van der Waals surface area contributed by atoms with Gasteiger partial charge in [0.25, 0.3) is 0 Å². The first kappa shape index (κ1) is 13.4. The van der Waals surface area contributed by atoms with Gasteiger partial charge in [-0.25, -0.2) is 8.78 Å². The molecule has 0 saturated heterocycles. The summed E-state index contributed by atoms with van der Waals surface area (Å²) in [6.07, 6.45) is 0.755. The maximum absolute atomic E-state index is 12.9. The topological polar surface area (TPSA) is 26.3 Å². The second-order valence-electron chi connectivity index (χ2n) is 4.13. The van der Waals surface area contributed by atoms with Crippen LogP contribution in [0.3, 0.4) is 0 Å². The molecule has 0 radical (unpaired) electrons. The Balaban J connectivity index is 1.94. The molecule has 0 saturated carbocycles. The minimum Gasteiger partial charge on any atom is -0.372 e. The third kappa shape index (κ3) is 3.96. The molecular weight excluding hydrogens is 250 g/mol. The van der Waals surface area contributed by atoms with Gasteiger partial charge in [0.2, 0.25) is 0 Å². The maximum atomic E-state index is 12.9. The van der Waals surface area contributed by atoms with Crippen molar-refractivity contribution in [2.75, 3.05) is 0 Å². The first-order valence-electron chi connectivity index (χ1n) is 5.74. The summed E-state index contributed by atoms with van der Waals surface area (Å²) in [5.41, 5.74) is 1.84. The Labute approximate surface area is 109 Å². The van der Waals surface area contributed by atoms with Gasteiger partial charge in [-0.3, -0.25) is 4.79 Å². The summed E-state index contributed by atoms with van der Waals surface area (Å²) in [7, 11) is 0. The van der Waals surface area contributed by atoms with Crippen molar-refractivity contribution in [3.05, 3.63) is 70.8 Å². The Bertz CT molecular complexity index is 562. The van der Waals surface area contributed by atoms with E-state index in [1.807, 2.05) is 6.07 Å². The zero-order chi connectivity index (χ0) is 13.7. The summed E-state index contributed by atoms with van der Waals surface area (Å²) in [5.74, 6) is -1.25. The minimum absolute atomic E-state index is 0.111. The molecule has 0 unspecified atom stereocenters. The van der Waals surface area contributed by atoms with Crippen molar-refractivity contribution in [1.29, 1.82) is 0 Å². The summed E-state index contributed by atoms with van der Waals surface area (Å²) < 4.78 is 31.3. The first-order valence-corrected chi connectivity index (χ1v) is 5.74. The average Bonchev–Trinajstić information content (AvgIpc) is 2.38. The number of hydrogen-bond acceptors (Lipinski definition) is 2. The highest BCUT2D eigenvalue weighted by Crippen LogP contribution is 2.11. The number of benzene rings is 2. The molecule has 2 aromatic rings. The number of rotatable bonds is 5. The number of aldehydes is 1. The Kier molecular flexibility index (Phi) is 4.36. The summed E-state index contributed by atoms with van der Waals surface area (Å²) in [6.45, 7) is 0.389. The molecule has 0 bridgehead atoms. The fourth-order valence-corrected chi connectivity index (χ4v) is 1.74. The van der Waals surface area contributed by atoms with Crippen LogP contribution in [0.15, 0.2) is 42.5 Å². The van der Waals surface area contributed by atoms with Crippen molar-refractivity contribution in [3.8, 4) is 0 Å². The Morgan fingerprint density at radius 3 is 2.32 bits per heavy atom. The molecule has 0 N–H and O–H groups in total. The highest BCUT2D eigenvalue weighted by molar-refractivity contribution is 5.74. The van der Waals surface area contributed by atoms with E-state index < -0.39 is 11.6 Å². The Morgan fingerprint density at radius 2 is 1.63 bits per heavy atom. The van der Waals surface area contributed by atoms with Crippen molar-refractivity contribution in [2.24, 2.45) is 0 Å². The number of halogens is 2. The summed E-state index contributed by atoms with van der Waals surface area (Å²) in [4.78, 5) is 10.6. The maximum Gasteiger partial charge on any atom is 0.150 e. The monoisotopic (exact) mass is 262 g/mol. The van der Waals surface area contributed by atoms with Gasteiger partial charge >= 0.3 is 0 Å². The van der Waals surface area contributed by atoms with E-state index in [1.165, 1.54) is 12.1 Å². The predicted octanol–water partition coefficient (Wildman–Crippen LogP) is 3.49.